The van der Waals surface area contributed by atoms with E-state index in [4.69, 9.17) is 0 Å². The van der Waals surface area contributed by atoms with Crippen LogP contribution < -0.4 is 0 Å². The highest BCUT2D eigenvalue weighted by molar-refractivity contribution is 7.99. The Morgan fingerprint density at radius 1 is 0.576 bits per heavy atom. The van der Waals surface area contributed by atoms with Crippen molar-refractivity contribution in [2.75, 3.05) is 0 Å². The number of phenols is 2. The van der Waals surface area contributed by atoms with E-state index in [2.05, 4.69) is 9.98 Å². The van der Waals surface area contributed by atoms with Crippen molar-refractivity contribution in [1.82, 2.24) is 0 Å². The fourth-order valence-electron chi connectivity index (χ4n) is 3.20. The van der Waals surface area contributed by atoms with Crippen LogP contribution in [0.25, 0.3) is 0 Å². The zero-order chi connectivity index (χ0) is 22.9. The van der Waals surface area contributed by atoms with Crippen molar-refractivity contribution in [2.45, 2.75) is 22.9 Å². The van der Waals surface area contributed by atoms with E-state index in [9.17, 15) is 10.2 Å². The zero-order valence-corrected chi connectivity index (χ0v) is 18.8. The summed E-state index contributed by atoms with van der Waals surface area (Å²) in [6.07, 6.45) is 3.40. The number of hydrogen-bond acceptors (Lipinski definition) is 5. The van der Waals surface area contributed by atoms with Gasteiger partial charge >= 0.3 is 0 Å². The molecule has 0 saturated carbocycles. The minimum absolute atomic E-state index is 0.190. The summed E-state index contributed by atoms with van der Waals surface area (Å²) < 4.78 is 0. The maximum atomic E-state index is 10.2. The maximum Gasteiger partial charge on any atom is 0.124 e. The van der Waals surface area contributed by atoms with E-state index in [1.807, 2.05) is 84.9 Å². The van der Waals surface area contributed by atoms with E-state index in [-0.39, 0.29) is 11.5 Å². The van der Waals surface area contributed by atoms with Crippen LogP contribution in [-0.2, 0) is 13.1 Å². The van der Waals surface area contributed by atoms with Crippen molar-refractivity contribution in [2.24, 2.45) is 9.98 Å². The molecule has 4 nitrogen and oxygen atoms in total. The molecule has 0 bridgehead atoms. The molecule has 164 valence electrons. The van der Waals surface area contributed by atoms with Crippen LogP contribution in [0.2, 0.25) is 0 Å². The molecule has 0 aliphatic carbocycles. The van der Waals surface area contributed by atoms with Gasteiger partial charge in [0.1, 0.15) is 11.5 Å². The monoisotopic (exact) mass is 452 g/mol. The highest BCUT2D eigenvalue weighted by Crippen LogP contribution is 2.32. The number of phenolic OH excluding ortho intramolecular Hbond substituents is 2. The molecule has 4 aromatic rings. The Hall–Kier alpha value is -3.83. The molecule has 0 aliphatic rings. The predicted octanol–water partition coefficient (Wildman–Crippen LogP) is 6.49. The lowest BCUT2D eigenvalue weighted by atomic mass is 10.2. The molecule has 0 unspecified atom stereocenters. The summed E-state index contributed by atoms with van der Waals surface area (Å²) in [7, 11) is 0. The van der Waals surface area contributed by atoms with Crippen LogP contribution in [0.3, 0.4) is 0 Å². The second-order valence-electron chi connectivity index (χ2n) is 7.45. The first kappa shape index (κ1) is 22.4. The van der Waals surface area contributed by atoms with E-state index >= 15 is 0 Å². The molecule has 0 radical (unpaired) electrons. The zero-order valence-electron chi connectivity index (χ0n) is 18.0. The van der Waals surface area contributed by atoms with Crippen LogP contribution in [-0.4, -0.2) is 22.6 Å². The molecule has 5 heteroatoms. The third-order valence-electron chi connectivity index (χ3n) is 4.93. The summed E-state index contributed by atoms with van der Waals surface area (Å²) in [6, 6.07) is 30.9. The smallest absolute Gasteiger partial charge is 0.124 e. The standard InChI is InChI=1S/C28H24N2O2S/c31-27-13-11-25(15-23(27)19-29-17-21-7-3-1-4-8-21)33-26-12-14-28(32)24(16-26)20-30-18-22-9-5-2-6-10-22/h1-16,19-20,31-32H,17-18H2. The fourth-order valence-corrected chi connectivity index (χ4v) is 4.12. The average molecular weight is 453 g/mol. The van der Waals surface area contributed by atoms with Gasteiger partial charge in [-0.25, -0.2) is 0 Å². The van der Waals surface area contributed by atoms with Crippen molar-refractivity contribution in [3.8, 4) is 11.5 Å². The van der Waals surface area contributed by atoms with Gasteiger partial charge in [-0.1, -0.05) is 72.4 Å². The molecule has 33 heavy (non-hydrogen) atoms. The number of hydrogen-bond donors (Lipinski definition) is 2. The molecule has 0 atom stereocenters. The minimum atomic E-state index is 0.190. The van der Waals surface area contributed by atoms with Crippen molar-refractivity contribution in [1.29, 1.82) is 0 Å². The number of aromatic hydroxyl groups is 2. The molecule has 0 spiro atoms. The van der Waals surface area contributed by atoms with Crippen LogP contribution in [0, 0.1) is 0 Å². The molecule has 0 fully saturated rings. The van der Waals surface area contributed by atoms with Crippen LogP contribution in [0.5, 0.6) is 11.5 Å². The van der Waals surface area contributed by atoms with Crippen molar-refractivity contribution in [3.63, 3.8) is 0 Å². The molecular formula is C28H24N2O2S. The summed E-state index contributed by atoms with van der Waals surface area (Å²) in [6.45, 7) is 1.11. The van der Waals surface area contributed by atoms with Crippen LogP contribution in [0.15, 0.2) is 117 Å². The van der Waals surface area contributed by atoms with Crippen molar-refractivity contribution in [3.05, 3.63) is 119 Å². The Morgan fingerprint density at radius 3 is 1.42 bits per heavy atom. The number of rotatable bonds is 8. The van der Waals surface area contributed by atoms with Crippen LogP contribution >= 0.6 is 11.8 Å². The topological polar surface area (TPSA) is 65.2 Å². The first-order chi connectivity index (χ1) is 16.2. The lowest BCUT2D eigenvalue weighted by Gasteiger charge is -2.07. The number of benzene rings is 4. The Bertz CT molecular complexity index is 1160. The third kappa shape index (κ3) is 6.57. The second kappa shape index (κ2) is 11.2. The van der Waals surface area contributed by atoms with E-state index < -0.39 is 0 Å². The van der Waals surface area contributed by atoms with Gasteiger partial charge in [0, 0.05) is 33.3 Å². The fraction of sp³-hybridized carbons (Fsp3) is 0.0714. The molecule has 4 aromatic carbocycles. The van der Waals surface area contributed by atoms with Gasteiger partial charge in [-0.3, -0.25) is 9.98 Å². The quantitative estimate of drug-likeness (QED) is 0.300. The number of nitrogens with zero attached hydrogens (tertiary/aromatic N) is 2. The molecule has 4 rings (SSSR count). The summed E-state index contributed by atoms with van der Waals surface area (Å²) in [4.78, 5) is 10.9. The minimum Gasteiger partial charge on any atom is -0.507 e. The first-order valence-electron chi connectivity index (χ1n) is 10.6. The Kier molecular flexibility index (Phi) is 7.56. The molecule has 0 aromatic heterocycles. The van der Waals surface area contributed by atoms with Gasteiger partial charge in [0.25, 0.3) is 0 Å². The van der Waals surface area contributed by atoms with Gasteiger partial charge in [-0.05, 0) is 47.5 Å². The maximum absolute atomic E-state index is 10.2. The molecule has 0 amide bonds. The Balaban J connectivity index is 1.45. The van der Waals surface area contributed by atoms with E-state index in [0.717, 1.165) is 20.9 Å². The molecule has 0 aliphatic heterocycles. The normalized spacial score (nSPS) is 11.4. The van der Waals surface area contributed by atoms with Gasteiger partial charge in [0.05, 0.1) is 13.1 Å². The summed E-state index contributed by atoms with van der Waals surface area (Å²) in [5, 5.41) is 20.4. The largest absolute Gasteiger partial charge is 0.507 e. The van der Waals surface area contributed by atoms with Gasteiger partial charge in [0.2, 0.25) is 0 Å². The van der Waals surface area contributed by atoms with Crippen LogP contribution in [0.1, 0.15) is 22.3 Å². The van der Waals surface area contributed by atoms with E-state index in [1.54, 1.807) is 36.3 Å². The van der Waals surface area contributed by atoms with Gasteiger partial charge in [-0.2, -0.15) is 0 Å². The lowest BCUT2D eigenvalue weighted by Crippen LogP contribution is -1.88. The highest BCUT2D eigenvalue weighted by Gasteiger charge is 2.06. The molecule has 2 N–H and O–H groups in total. The molecular weight excluding hydrogens is 428 g/mol. The van der Waals surface area contributed by atoms with Crippen LogP contribution in [0.4, 0.5) is 0 Å². The van der Waals surface area contributed by atoms with Crippen molar-refractivity contribution < 1.29 is 10.2 Å². The molecule has 0 saturated heterocycles. The predicted molar refractivity (Wildman–Crippen MR) is 136 cm³/mol. The average Bonchev–Trinajstić information content (AvgIpc) is 2.84. The Labute approximate surface area is 198 Å². The van der Waals surface area contributed by atoms with Crippen molar-refractivity contribution >= 4 is 24.2 Å². The summed E-state index contributed by atoms with van der Waals surface area (Å²) >= 11 is 1.55. The van der Waals surface area contributed by atoms with Gasteiger partial charge < -0.3 is 10.2 Å². The third-order valence-corrected chi connectivity index (χ3v) is 5.91. The van der Waals surface area contributed by atoms with Gasteiger partial charge in [-0.15, -0.1) is 0 Å². The molecule has 0 heterocycles. The summed E-state index contributed by atoms with van der Waals surface area (Å²) in [5.41, 5.74) is 3.56. The van der Waals surface area contributed by atoms with E-state index in [1.165, 1.54) is 0 Å². The first-order valence-corrected chi connectivity index (χ1v) is 11.4. The lowest BCUT2D eigenvalue weighted by molar-refractivity contribution is 0.473. The summed E-state index contributed by atoms with van der Waals surface area (Å²) in [5.74, 6) is 0.381. The second-order valence-corrected chi connectivity index (χ2v) is 8.60. The Morgan fingerprint density at radius 2 is 1.00 bits per heavy atom. The van der Waals surface area contributed by atoms with E-state index in [0.29, 0.717) is 24.2 Å². The number of aliphatic imine (C=N–C) groups is 2. The SMILES string of the molecule is Oc1ccc(Sc2ccc(O)c(C=NCc3ccccc3)c2)cc1C=NCc1ccccc1. The van der Waals surface area contributed by atoms with Gasteiger partial charge in [0.15, 0.2) is 0 Å². The highest BCUT2D eigenvalue weighted by atomic mass is 32.2.